The number of aromatic nitrogens is 1. The number of nitrogens with zero attached hydrogens (tertiary/aromatic N) is 1. The highest BCUT2D eigenvalue weighted by Crippen LogP contribution is 2.38. The van der Waals surface area contributed by atoms with E-state index < -0.39 is 0 Å². The van der Waals surface area contributed by atoms with Crippen molar-refractivity contribution in [2.24, 2.45) is 0 Å². The van der Waals surface area contributed by atoms with Crippen LogP contribution in [0.25, 0.3) is 38.6 Å². The molecule has 5 aromatic rings. The highest BCUT2D eigenvalue weighted by Gasteiger charge is 2.16. The molecule has 0 spiro atoms. The summed E-state index contributed by atoms with van der Waals surface area (Å²) in [5.74, 6) is 0. The Kier molecular flexibility index (Phi) is 3.29. The minimum atomic E-state index is 0.777. The topological polar surface area (TPSA) is 30.9 Å². The Morgan fingerprint density at radius 3 is 2.12 bits per heavy atom. The van der Waals surface area contributed by atoms with E-state index in [9.17, 15) is 0 Å². The molecule has 5 rings (SSSR count). The molecule has 0 atom stereocenters. The van der Waals surface area contributed by atoms with Gasteiger partial charge in [0.25, 0.3) is 0 Å². The lowest BCUT2D eigenvalue weighted by molar-refractivity contribution is 1.18. The van der Waals surface area contributed by atoms with Crippen LogP contribution in [-0.2, 0) is 0 Å². The molecule has 0 fully saturated rings. The number of hydrogen-bond donors (Lipinski definition) is 1. The van der Waals surface area contributed by atoms with E-state index >= 15 is 0 Å². The Labute approximate surface area is 152 Å². The minimum Gasteiger partial charge on any atom is -0.399 e. The first-order chi connectivity index (χ1) is 12.8. The number of anilines is 1. The Morgan fingerprint density at radius 1 is 0.615 bits per heavy atom. The maximum atomic E-state index is 6.13. The molecule has 0 aliphatic rings. The number of benzene rings is 4. The number of nitrogens with two attached hydrogens (primary N) is 1. The smallest absolute Gasteiger partial charge is 0.0619 e. The molecule has 0 saturated carbocycles. The van der Waals surface area contributed by atoms with Crippen molar-refractivity contribution in [1.29, 1.82) is 0 Å². The van der Waals surface area contributed by atoms with E-state index in [0.29, 0.717) is 0 Å². The molecule has 0 bridgehead atoms. The third kappa shape index (κ3) is 2.20. The molecule has 0 aliphatic carbocycles. The summed E-state index contributed by atoms with van der Waals surface area (Å²) in [6.07, 6.45) is 0. The highest BCUT2D eigenvalue weighted by molar-refractivity contribution is 6.14. The van der Waals surface area contributed by atoms with Gasteiger partial charge in [-0.05, 0) is 29.8 Å². The lowest BCUT2D eigenvalue weighted by atomic mass is 10.0. The van der Waals surface area contributed by atoms with E-state index in [4.69, 9.17) is 5.73 Å². The van der Waals surface area contributed by atoms with E-state index in [-0.39, 0.29) is 0 Å². The molecule has 124 valence electrons. The van der Waals surface area contributed by atoms with Crippen LogP contribution in [0.5, 0.6) is 0 Å². The van der Waals surface area contributed by atoms with Crippen LogP contribution in [0.2, 0.25) is 0 Å². The van der Waals surface area contributed by atoms with Gasteiger partial charge in [-0.25, -0.2) is 0 Å². The first-order valence-electron chi connectivity index (χ1n) is 8.76. The van der Waals surface area contributed by atoms with Gasteiger partial charge in [0.1, 0.15) is 0 Å². The SMILES string of the molecule is Nc1ccc2c3cccc(-c4ccccc4)c3n(-c3ccccc3)c2c1. The predicted octanol–water partition coefficient (Wildman–Crippen LogP) is 6.03. The summed E-state index contributed by atoms with van der Waals surface area (Å²) in [5, 5.41) is 2.46. The van der Waals surface area contributed by atoms with Crippen molar-refractivity contribution in [3.63, 3.8) is 0 Å². The van der Waals surface area contributed by atoms with Crippen molar-refractivity contribution < 1.29 is 0 Å². The second-order valence-corrected chi connectivity index (χ2v) is 6.52. The Hall–Kier alpha value is -3.52. The molecule has 1 aromatic heterocycles. The lowest BCUT2D eigenvalue weighted by Gasteiger charge is -2.11. The van der Waals surface area contributed by atoms with Crippen molar-refractivity contribution in [3.05, 3.63) is 97.1 Å². The summed E-state index contributed by atoms with van der Waals surface area (Å²) >= 11 is 0. The first-order valence-corrected chi connectivity index (χ1v) is 8.76. The van der Waals surface area contributed by atoms with E-state index in [1.165, 1.54) is 27.4 Å². The highest BCUT2D eigenvalue weighted by atomic mass is 15.0. The fourth-order valence-corrected chi connectivity index (χ4v) is 3.78. The van der Waals surface area contributed by atoms with Gasteiger partial charge in [0, 0.05) is 27.7 Å². The molecule has 26 heavy (non-hydrogen) atoms. The zero-order valence-electron chi connectivity index (χ0n) is 14.3. The van der Waals surface area contributed by atoms with Crippen molar-refractivity contribution in [2.45, 2.75) is 0 Å². The molecule has 2 nitrogen and oxygen atoms in total. The molecular formula is C24H18N2. The maximum Gasteiger partial charge on any atom is 0.0619 e. The van der Waals surface area contributed by atoms with Gasteiger partial charge in [-0.15, -0.1) is 0 Å². The van der Waals surface area contributed by atoms with Crippen LogP contribution in [0.4, 0.5) is 5.69 Å². The summed E-state index contributed by atoms with van der Waals surface area (Å²) in [5.41, 5.74) is 12.8. The van der Waals surface area contributed by atoms with Crippen LogP contribution >= 0.6 is 0 Å². The third-order valence-electron chi connectivity index (χ3n) is 4.91. The zero-order valence-corrected chi connectivity index (χ0v) is 14.3. The van der Waals surface area contributed by atoms with Gasteiger partial charge in [-0.2, -0.15) is 0 Å². The Morgan fingerprint density at radius 2 is 1.35 bits per heavy atom. The molecular weight excluding hydrogens is 316 g/mol. The van der Waals surface area contributed by atoms with E-state index in [1.54, 1.807) is 0 Å². The molecule has 0 amide bonds. The van der Waals surface area contributed by atoms with E-state index in [2.05, 4.69) is 89.5 Å². The zero-order chi connectivity index (χ0) is 17.5. The number of nitrogen functional groups attached to an aromatic ring is 1. The number of rotatable bonds is 2. The second-order valence-electron chi connectivity index (χ2n) is 6.52. The number of fused-ring (bicyclic) bond motifs is 3. The van der Waals surface area contributed by atoms with Crippen molar-refractivity contribution in [1.82, 2.24) is 4.57 Å². The van der Waals surface area contributed by atoms with Crippen LogP contribution < -0.4 is 5.73 Å². The van der Waals surface area contributed by atoms with Crippen molar-refractivity contribution in [2.75, 3.05) is 5.73 Å². The van der Waals surface area contributed by atoms with Crippen molar-refractivity contribution >= 4 is 27.5 Å². The molecule has 0 aliphatic heterocycles. The van der Waals surface area contributed by atoms with Gasteiger partial charge < -0.3 is 10.3 Å². The van der Waals surface area contributed by atoms with Gasteiger partial charge in [0.05, 0.1) is 11.0 Å². The van der Waals surface area contributed by atoms with Crippen molar-refractivity contribution in [3.8, 4) is 16.8 Å². The summed E-state index contributed by atoms with van der Waals surface area (Å²) < 4.78 is 2.32. The largest absolute Gasteiger partial charge is 0.399 e. The van der Waals surface area contributed by atoms with Gasteiger partial charge >= 0.3 is 0 Å². The Balaban J connectivity index is 2.00. The normalized spacial score (nSPS) is 11.2. The minimum absolute atomic E-state index is 0.777. The average molecular weight is 334 g/mol. The van der Waals surface area contributed by atoms with Gasteiger partial charge in [0.15, 0.2) is 0 Å². The van der Waals surface area contributed by atoms with Gasteiger partial charge in [0.2, 0.25) is 0 Å². The molecule has 0 unspecified atom stereocenters. The molecule has 2 N–H and O–H groups in total. The quantitative estimate of drug-likeness (QED) is 0.392. The molecule has 0 saturated heterocycles. The predicted molar refractivity (Wildman–Crippen MR) is 111 cm³/mol. The molecule has 0 radical (unpaired) electrons. The lowest BCUT2D eigenvalue weighted by Crippen LogP contribution is -1.95. The van der Waals surface area contributed by atoms with Crippen LogP contribution in [-0.4, -0.2) is 4.57 Å². The number of para-hydroxylation sites is 2. The summed E-state index contributed by atoms with van der Waals surface area (Å²) in [6.45, 7) is 0. The summed E-state index contributed by atoms with van der Waals surface area (Å²) in [7, 11) is 0. The monoisotopic (exact) mass is 334 g/mol. The van der Waals surface area contributed by atoms with Crippen LogP contribution in [0, 0.1) is 0 Å². The fraction of sp³-hybridized carbons (Fsp3) is 0. The summed E-state index contributed by atoms with van der Waals surface area (Å²) in [6, 6.07) is 33.7. The summed E-state index contributed by atoms with van der Waals surface area (Å²) in [4.78, 5) is 0. The van der Waals surface area contributed by atoms with E-state index in [0.717, 1.165) is 16.9 Å². The average Bonchev–Trinajstić information content (AvgIpc) is 3.02. The molecule has 1 heterocycles. The second kappa shape index (κ2) is 5.78. The van der Waals surface area contributed by atoms with Crippen LogP contribution in [0.15, 0.2) is 97.1 Å². The first kappa shape index (κ1) is 14.8. The van der Waals surface area contributed by atoms with Crippen LogP contribution in [0.1, 0.15) is 0 Å². The molecule has 4 aromatic carbocycles. The standard InChI is InChI=1S/C24H18N2/c25-18-14-15-21-22-13-7-12-20(17-8-3-1-4-9-17)24(22)26(23(21)16-18)19-10-5-2-6-11-19/h1-16H,25H2. The van der Waals surface area contributed by atoms with Gasteiger partial charge in [-0.3, -0.25) is 0 Å². The third-order valence-corrected chi connectivity index (χ3v) is 4.91. The fourth-order valence-electron chi connectivity index (χ4n) is 3.78. The number of hydrogen-bond acceptors (Lipinski definition) is 1. The van der Waals surface area contributed by atoms with E-state index in [1.807, 2.05) is 12.1 Å². The van der Waals surface area contributed by atoms with Crippen LogP contribution in [0.3, 0.4) is 0 Å². The maximum absolute atomic E-state index is 6.13. The van der Waals surface area contributed by atoms with Gasteiger partial charge in [-0.1, -0.05) is 72.8 Å². The Bertz CT molecular complexity index is 1220. The molecule has 2 heteroatoms.